The number of nitriles is 1. The van der Waals surface area contributed by atoms with Crippen molar-refractivity contribution in [2.75, 3.05) is 13.2 Å². The maximum Gasteiger partial charge on any atom is 0.261 e. The van der Waals surface area contributed by atoms with Crippen LogP contribution in [-0.2, 0) is 9.53 Å². The van der Waals surface area contributed by atoms with Crippen LogP contribution in [0.1, 0.15) is 32.1 Å². The number of amides is 1. The van der Waals surface area contributed by atoms with E-state index in [9.17, 15) is 13.6 Å². The highest BCUT2D eigenvalue weighted by Crippen LogP contribution is 2.28. The molecule has 17 heavy (non-hydrogen) atoms. The fourth-order valence-corrected chi connectivity index (χ4v) is 1.91. The largest absolute Gasteiger partial charge is 0.375 e. The molecule has 4 nitrogen and oxygen atoms in total. The van der Waals surface area contributed by atoms with Crippen molar-refractivity contribution in [2.24, 2.45) is 0 Å². The molecule has 0 heterocycles. The minimum atomic E-state index is -2.52. The fraction of sp³-hybridized carbons (Fsp3) is 0.818. The molecule has 0 aromatic rings. The van der Waals surface area contributed by atoms with Gasteiger partial charge in [0, 0.05) is 0 Å². The molecule has 0 aromatic heterocycles. The van der Waals surface area contributed by atoms with Gasteiger partial charge in [0.2, 0.25) is 5.91 Å². The Morgan fingerprint density at radius 3 is 2.65 bits per heavy atom. The smallest absolute Gasteiger partial charge is 0.261 e. The third-order valence-corrected chi connectivity index (χ3v) is 2.77. The highest BCUT2D eigenvalue weighted by Gasteiger charge is 2.35. The first-order valence-corrected chi connectivity index (χ1v) is 5.66. The first-order valence-electron chi connectivity index (χ1n) is 5.66. The third kappa shape index (κ3) is 4.65. The fourth-order valence-electron chi connectivity index (χ4n) is 1.91. The molecule has 1 aliphatic rings. The van der Waals surface area contributed by atoms with Crippen LogP contribution in [-0.4, -0.2) is 31.1 Å². The molecule has 0 aromatic carbocycles. The van der Waals surface area contributed by atoms with E-state index in [2.05, 4.69) is 16.1 Å². The SMILES string of the molecule is N#CC1(NC(=O)CCOCC(F)F)CCCC1. The van der Waals surface area contributed by atoms with Gasteiger partial charge in [-0.3, -0.25) is 4.79 Å². The summed E-state index contributed by atoms with van der Waals surface area (Å²) in [5.41, 5.74) is -0.750. The van der Waals surface area contributed by atoms with Crippen LogP contribution in [0.25, 0.3) is 0 Å². The number of hydrogen-bond acceptors (Lipinski definition) is 3. The second-order valence-corrected chi connectivity index (χ2v) is 4.17. The van der Waals surface area contributed by atoms with Crippen molar-refractivity contribution >= 4 is 5.91 Å². The summed E-state index contributed by atoms with van der Waals surface area (Å²) in [6, 6.07) is 2.12. The Hall–Kier alpha value is -1.22. The van der Waals surface area contributed by atoms with Crippen LogP contribution < -0.4 is 5.32 Å². The van der Waals surface area contributed by atoms with Crippen LogP contribution >= 0.6 is 0 Å². The molecule has 0 radical (unpaired) electrons. The average Bonchev–Trinajstić information content (AvgIpc) is 2.73. The third-order valence-electron chi connectivity index (χ3n) is 2.77. The molecule has 1 fully saturated rings. The Labute approximate surface area is 98.9 Å². The van der Waals surface area contributed by atoms with Crippen molar-refractivity contribution in [2.45, 2.75) is 44.1 Å². The lowest BCUT2D eigenvalue weighted by Crippen LogP contribution is -2.45. The normalized spacial score (nSPS) is 18.0. The highest BCUT2D eigenvalue weighted by molar-refractivity contribution is 5.77. The molecule has 1 rings (SSSR count). The van der Waals surface area contributed by atoms with Gasteiger partial charge in [0.05, 0.1) is 19.1 Å². The minimum Gasteiger partial charge on any atom is -0.375 e. The van der Waals surface area contributed by atoms with Crippen molar-refractivity contribution in [3.63, 3.8) is 0 Å². The van der Waals surface area contributed by atoms with Gasteiger partial charge in [-0.15, -0.1) is 0 Å². The van der Waals surface area contributed by atoms with E-state index in [1.165, 1.54) is 0 Å². The predicted octanol–water partition coefficient (Wildman–Crippen LogP) is 1.61. The van der Waals surface area contributed by atoms with Crippen LogP contribution in [0.15, 0.2) is 0 Å². The van der Waals surface area contributed by atoms with E-state index in [1.807, 2.05) is 0 Å². The molecule has 6 heteroatoms. The van der Waals surface area contributed by atoms with Gasteiger partial charge in [-0.2, -0.15) is 5.26 Å². The topological polar surface area (TPSA) is 62.1 Å². The molecule has 1 N–H and O–H groups in total. The Balaban J connectivity index is 2.22. The number of ether oxygens (including phenoxy) is 1. The van der Waals surface area contributed by atoms with Crippen molar-refractivity contribution < 1.29 is 18.3 Å². The van der Waals surface area contributed by atoms with E-state index in [0.717, 1.165) is 12.8 Å². The van der Waals surface area contributed by atoms with Gasteiger partial charge in [0.1, 0.15) is 12.1 Å². The van der Waals surface area contributed by atoms with Gasteiger partial charge in [-0.05, 0) is 25.7 Å². The molecule has 0 spiro atoms. The summed E-state index contributed by atoms with van der Waals surface area (Å²) in [7, 11) is 0. The molecule has 0 saturated heterocycles. The summed E-state index contributed by atoms with van der Waals surface area (Å²) in [6.45, 7) is -0.700. The van der Waals surface area contributed by atoms with Gasteiger partial charge in [0.15, 0.2) is 0 Å². The lowest BCUT2D eigenvalue weighted by Gasteiger charge is -2.21. The van der Waals surface area contributed by atoms with Gasteiger partial charge in [0.25, 0.3) is 6.43 Å². The number of alkyl halides is 2. The maximum atomic E-state index is 11.7. The lowest BCUT2D eigenvalue weighted by molar-refractivity contribution is -0.123. The van der Waals surface area contributed by atoms with Gasteiger partial charge < -0.3 is 10.1 Å². The van der Waals surface area contributed by atoms with E-state index in [4.69, 9.17) is 5.26 Å². The summed E-state index contributed by atoms with van der Waals surface area (Å²) in [5, 5.41) is 11.7. The van der Waals surface area contributed by atoms with Crippen LogP contribution in [0.3, 0.4) is 0 Å². The van der Waals surface area contributed by atoms with Crippen molar-refractivity contribution in [3.8, 4) is 6.07 Å². The molecule has 0 bridgehead atoms. The highest BCUT2D eigenvalue weighted by atomic mass is 19.3. The number of nitrogens with zero attached hydrogens (tertiary/aromatic N) is 1. The number of hydrogen-bond donors (Lipinski definition) is 1. The molecule has 0 aliphatic heterocycles. The number of rotatable bonds is 6. The molecule has 0 atom stereocenters. The summed E-state index contributed by atoms with van der Waals surface area (Å²) < 4.78 is 28.1. The predicted molar refractivity (Wildman–Crippen MR) is 56.4 cm³/mol. The van der Waals surface area contributed by atoms with Crippen LogP contribution in [0.2, 0.25) is 0 Å². The summed E-state index contributed by atoms with van der Waals surface area (Å²) in [6.07, 6.45) is 0.667. The molecule has 1 saturated carbocycles. The van der Waals surface area contributed by atoms with E-state index in [0.29, 0.717) is 12.8 Å². The lowest BCUT2D eigenvalue weighted by atomic mass is 10.00. The zero-order valence-corrected chi connectivity index (χ0v) is 9.55. The zero-order valence-electron chi connectivity index (χ0n) is 9.55. The second-order valence-electron chi connectivity index (χ2n) is 4.17. The number of halogens is 2. The Kier molecular flexibility index (Phi) is 5.29. The van der Waals surface area contributed by atoms with Crippen LogP contribution in [0, 0.1) is 11.3 Å². The maximum absolute atomic E-state index is 11.7. The average molecular weight is 246 g/mol. The van der Waals surface area contributed by atoms with E-state index < -0.39 is 18.6 Å². The first kappa shape index (κ1) is 13.8. The monoisotopic (exact) mass is 246 g/mol. The van der Waals surface area contributed by atoms with Gasteiger partial charge >= 0.3 is 0 Å². The molecular formula is C11H16F2N2O2. The molecular weight excluding hydrogens is 230 g/mol. The number of nitrogens with one attached hydrogen (secondary N) is 1. The molecule has 1 aliphatic carbocycles. The summed E-state index contributed by atoms with van der Waals surface area (Å²) in [5.74, 6) is -0.317. The number of carbonyl (C=O) groups is 1. The van der Waals surface area contributed by atoms with Crippen LogP contribution in [0.4, 0.5) is 8.78 Å². The quantitative estimate of drug-likeness (QED) is 0.724. The Bertz CT molecular complexity index is 296. The van der Waals surface area contributed by atoms with E-state index in [-0.39, 0.29) is 18.9 Å². The van der Waals surface area contributed by atoms with Gasteiger partial charge in [-0.1, -0.05) is 0 Å². The van der Waals surface area contributed by atoms with Crippen molar-refractivity contribution in [1.82, 2.24) is 5.32 Å². The zero-order chi connectivity index (χ0) is 12.7. The second kappa shape index (κ2) is 6.50. The Morgan fingerprint density at radius 2 is 2.12 bits per heavy atom. The van der Waals surface area contributed by atoms with E-state index in [1.54, 1.807) is 0 Å². The molecule has 96 valence electrons. The first-order chi connectivity index (χ1) is 8.08. The minimum absolute atomic E-state index is 0.0101. The molecule has 1 amide bonds. The number of carbonyl (C=O) groups excluding carboxylic acids is 1. The Morgan fingerprint density at radius 1 is 1.47 bits per heavy atom. The van der Waals surface area contributed by atoms with Gasteiger partial charge in [-0.25, -0.2) is 8.78 Å². The molecule has 0 unspecified atom stereocenters. The van der Waals surface area contributed by atoms with Crippen molar-refractivity contribution in [1.29, 1.82) is 5.26 Å². The standard InChI is InChI=1S/C11H16F2N2O2/c12-9(13)7-17-6-3-10(16)15-11(8-14)4-1-2-5-11/h9H,1-7H2,(H,15,16). The van der Waals surface area contributed by atoms with Crippen molar-refractivity contribution in [3.05, 3.63) is 0 Å². The van der Waals surface area contributed by atoms with E-state index >= 15 is 0 Å². The van der Waals surface area contributed by atoms with Crippen LogP contribution in [0.5, 0.6) is 0 Å². The summed E-state index contributed by atoms with van der Waals surface area (Å²) >= 11 is 0. The summed E-state index contributed by atoms with van der Waals surface area (Å²) in [4.78, 5) is 11.5.